The Labute approximate surface area is 100 Å². The third-order valence-electron chi connectivity index (χ3n) is 2.69. The van der Waals surface area contributed by atoms with Gasteiger partial charge in [-0.1, -0.05) is 6.07 Å². The zero-order valence-corrected chi connectivity index (χ0v) is 10.2. The van der Waals surface area contributed by atoms with Crippen LogP contribution in [0.1, 0.15) is 23.1 Å². The summed E-state index contributed by atoms with van der Waals surface area (Å²) in [5, 5.41) is 4.14. The first-order valence-corrected chi connectivity index (χ1v) is 5.38. The summed E-state index contributed by atoms with van der Waals surface area (Å²) in [5.41, 5.74) is 8.78. The lowest BCUT2D eigenvalue weighted by molar-refractivity contribution is 0.405. The molecule has 0 radical (unpaired) electrons. The fourth-order valence-corrected chi connectivity index (χ4v) is 1.82. The van der Waals surface area contributed by atoms with Crippen molar-refractivity contribution in [2.45, 2.75) is 13.0 Å². The van der Waals surface area contributed by atoms with Gasteiger partial charge in [0.1, 0.15) is 5.69 Å². The van der Waals surface area contributed by atoms with Gasteiger partial charge < -0.3 is 10.5 Å². The molecule has 2 heterocycles. The predicted octanol–water partition coefficient (Wildman–Crippen LogP) is 1.18. The maximum absolute atomic E-state index is 6.20. The summed E-state index contributed by atoms with van der Waals surface area (Å²) in [6.07, 6.45) is 1.66. The summed E-state index contributed by atoms with van der Waals surface area (Å²) >= 11 is 0. The van der Waals surface area contributed by atoms with Crippen molar-refractivity contribution in [2.75, 3.05) is 7.11 Å². The molecule has 0 fully saturated rings. The number of methoxy groups -OCH3 is 1. The molecular weight excluding hydrogens is 216 g/mol. The Kier molecular flexibility index (Phi) is 3.10. The molecule has 0 aliphatic rings. The van der Waals surface area contributed by atoms with Crippen molar-refractivity contribution in [3.05, 3.63) is 41.5 Å². The zero-order valence-electron chi connectivity index (χ0n) is 10.2. The van der Waals surface area contributed by atoms with Crippen molar-refractivity contribution in [3.8, 4) is 5.75 Å². The first kappa shape index (κ1) is 11.6. The van der Waals surface area contributed by atoms with Crippen LogP contribution in [0.2, 0.25) is 0 Å². The molecule has 5 nitrogen and oxygen atoms in total. The molecule has 0 saturated heterocycles. The number of aromatic nitrogens is 3. The quantitative estimate of drug-likeness (QED) is 0.863. The summed E-state index contributed by atoms with van der Waals surface area (Å²) in [6, 6.07) is 5.46. The Balaban J connectivity index is 2.43. The van der Waals surface area contributed by atoms with Crippen molar-refractivity contribution >= 4 is 0 Å². The molecule has 90 valence electrons. The van der Waals surface area contributed by atoms with E-state index in [1.165, 1.54) is 0 Å². The predicted molar refractivity (Wildman–Crippen MR) is 64.8 cm³/mol. The van der Waals surface area contributed by atoms with Gasteiger partial charge in [-0.05, 0) is 19.1 Å². The number of pyridine rings is 1. The van der Waals surface area contributed by atoms with E-state index in [1.807, 2.05) is 32.2 Å². The third-order valence-corrected chi connectivity index (χ3v) is 2.69. The number of ether oxygens (including phenoxy) is 1. The number of aryl methyl sites for hydroxylation is 2. The maximum atomic E-state index is 6.20. The highest BCUT2D eigenvalue weighted by Gasteiger charge is 2.19. The Hall–Kier alpha value is -1.88. The topological polar surface area (TPSA) is 66.0 Å². The second-order valence-electron chi connectivity index (χ2n) is 3.90. The van der Waals surface area contributed by atoms with Crippen molar-refractivity contribution in [1.29, 1.82) is 0 Å². The molecule has 0 amide bonds. The lowest BCUT2D eigenvalue weighted by Crippen LogP contribution is -2.18. The molecule has 0 aliphatic carbocycles. The molecule has 5 heteroatoms. The van der Waals surface area contributed by atoms with E-state index in [0.29, 0.717) is 5.75 Å². The first-order chi connectivity index (χ1) is 8.13. The Morgan fingerprint density at radius 2 is 2.18 bits per heavy atom. The normalized spacial score (nSPS) is 12.5. The first-order valence-electron chi connectivity index (χ1n) is 5.38. The molecule has 1 unspecified atom stereocenters. The van der Waals surface area contributed by atoms with Crippen LogP contribution in [0.3, 0.4) is 0 Å². The number of nitrogens with two attached hydrogens (primary N) is 1. The highest BCUT2D eigenvalue weighted by Crippen LogP contribution is 2.26. The van der Waals surface area contributed by atoms with Crippen LogP contribution in [0, 0.1) is 6.92 Å². The lowest BCUT2D eigenvalue weighted by Gasteiger charge is -2.13. The average Bonchev–Trinajstić information content (AvgIpc) is 2.69. The Bertz CT molecular complexity index is 521. The van der Waals surface area contributed by atoms with Crippen LogP contribution < -0.4 is 10.5 Å². The second kappa shape index (κ2) is 4.55. The largest absolute Gasteiger partial charge is 0.493 e. The van der Waals surface area contributed by atoms with Gasteiger partial charge in [0.05, 0.1) is 25.0 Å². The van der Waals surface area contributed by atoms with Crippen molar-refractivity contribution in [1.82, 2.24) is 14.8 Å². The number of rotatable bonds is 3. The highest BCUT2D eigenvalue weighted by molar-refractivity contribution is 5.33. The smallest absolute Gasteiger partial charge is 0.161 e. The van der Waals surface area contributed by atoms with Crippen LogP contribution in [-0.4, -0.2) is 21.9 Å². The van der Waals surface area contributed by atoms with E-state index in [0.717, 1.165) is 17.1 Å². The van der Waals surface area contributed by atoms with Gasteiger partial charge in [0.15, 0.2) is 5.75 Å². The van der Waals surface area contributed by atoms with E-state index in [1.54, 1.807) is 18.0 Å². The van der Waals surface area contributed by atoms with Gasteiger partial charge in [0, 0.05) is 12.7 Å². The van der Waals surface area contributed by atoms with E-state index < -0.39 is 0 Å². The third kappa shape index (κ3) is 2.14. The molecule has 0 aromatic carbocycles. The van der Waals surface area contributed by atoms with Crippen LogP contribution in [0.25, 0.3) is 0 Å². The molecule has 2 aromatic rings. The van der Waals surface area contributed by atoms with Crippen molar-refractivity contribution in [2.24, 2.45) is 12.8 Å². The fourth-order valence-electron chi connectivity index (χ4n) is 1.82. The van der Waals surface area contributed by atoms with Gasteiger partial charge in [-0.3, -0.25) is 9.67 Å². The molecular formula is C12H16N4O. The molecule has 0 bridgehead atoms. The Morgan fingerprint density at radius 3 is 2.82 bits per heavy atom. The molecule has 17 heavy (non-hydrogen) atoms. The van der Waals surface area contributed by atoms with Crippen LogP contribution in [0.5, 0.6) is 5.75 Å². The van der Waals surface area contributed by atoms with Gasteiger partial charge in [0.25, 0.3) is 0 Å². The number of nitrogens with zero attached hydrogens (tertiary/aromatic N) is 3. The fraction of sp³-hybridized carbons (Fsp3) is 0.333. The molecule has 2 rings (SSSR count). The van der Waals surface area contributed by atoms with Gasteiger partial charge >= 0.3 is 0 Å². The van der Waals surface area contributed by atoms with Crippen LogP contribution >= 0.6 is 0 Å². The van der Waals surface area contributed by atoms with Gasteiger partial charge in [0.2, 0.25) is 0 Å². The van der Waals surface area contributed by atoms with E-state index in [2.05, 4.69) is 10.1 Å². The van der Waals surface area contributed by atoms with Crippen molar-refractivity contribution < 1.29 is 4.74 Å². The lowest BCUT2D eigenvalue weighted by atomic mass is 10.1. The zero-order chi connectivity index (χ0) is 12.4. The molecule has 0 spiro atoms. The summed E-state index contributed by atoms with van der Waals surface area (Å²) in [7, 11) is 3.45. The average molecular weight is 232 g/mol. The van der Waals surface area contributed by atoms with E-state index >= 15 is 0 Å². The minimum absolute atomic E-state index is 0.336. The molecule has 0 saturated carbocycles. The van der Waals surface area contributed by atoms with E-state index in [4.69, 9.17) is 10.5 Å². The minimum Gasteiger partial charge on any atom is -0.493 e. The van der Waals surface area contributed by atoms with E-state index in [9.17, 15) is 0 Å². The molecule has 2 N–H and O–H groups in total. The summed E-state index contributed by atoms with van der Waals surface area (Å²) < 4.78 is 6.96. The van der Waals surface area contributed by atoms with Gasteiger partial charge in [-0.15, -0.1) is 0 Å². The standard InChI is InChI=1S/C12H16N4O/c1-8-5-4-6-9(15-8)11(13)12-10(17-3)7-14-16(12)2/h4-7,11H,13H2,1-3H3. The monoisotopic (exact) mass is 232 g/mol. The Morgan fingerprint density at radius 1 is 1.41 bits per heavy atom. The van der Waals surface area contributed by atoms with Gasteiger partial charge in [-0.2, -0.15) is 5.10 Å². The second-order valence-corrected chi connectivity index (χ2v) is 3.90. The van der Waals surface area contributed by atoms with Crippen molar-refractivity contribution in [3.63, 3.8) is 0 Å². The molecule has 1 atom stereocenters. The molecule has 0 aliphatic heterocycles. The number of hydrogen-bond donors (Lipinski definition) is 1. The highest BCUT2D eigenvalue weighted by atomic mass is 16.5. The SMILES string of the molecule is COc1cnn(C)c1C(N)c1cccc(C)n1. The van der Waals surface area contributed by atoms with Crippen LogP contribution in [0.4, 0.5) is 0 Å². The maximum Gasteiger partial charge on any atom is 0.161 e. The van der Waals surface area contributed by atoms with Crippen LogP contribution in [0.15, 0.2) is 24.4 Å². The summed E-state index contributed by atoms with van der Waals surface area (Å²) in [4.78, 5) is 4.42. The molecule has 2 aromatic heterocycles. The van der Waals surface area contributed by atoms with Gasteiger partial charge in [-0.25, -0.2) is 0 Å². The summed E-state index contributed by atoms with van der Waals surface area (Å²) in [5.74, 6) is 0.684. The van der Waals surface area contributed by atoms with Crippen LogP contribution in [-0.2, 0) is 7.05 Å². The van der Waals surface area contributed by atoms with E-state index in [-0.39, 0.29) is 6.04 Å². The summed E-state index contributed by atoms with van der Waals surface area (Å²) in [6.45, 7) is 1.94. The number of hydrogen-bond acceptors (Lipinski definition) is 4. The minimum atomic E-state index is -0.336.